The average Bonchev–Trinajstić information content (AvgIpc) is 2.70. The van der Waals surface area contributed by atoms with Gasteiger partial charge in [0, 0.05) is 18.2 Å². The van der Waals surface area contributed by atoms with Crippen LogP contribution in [0.15, 0.2) is 42.5 Å². The highest BCUT2D eigenvalue weighted by Gasteiger charge is 2.28. The number of hydrogen-bond acceptors (Lipinski definition) is 5. The Morgan fingerprint density at radius 2 is 1.28 bits per heavy atom. The third-order valence-corrected chi connectivity index (χ3v) is 7.20. The molecule has 0 bridgehead atoms. The second-order valence-electron chi connectivity index (χ2n) is 8.60. The van der Waals surface area contributed by atoms with E-state index in [2.05, 4.69) is 0 Å². The predicted octanol–water partition coefficient (Wildman–Crippen LogP) is 2.25. The van der Waals surface area contributed by atoms with Crippen LogP contribution >= 0.6 is 15.0 Å². The number of aliphatic hydroxyl groups excluding tert-OH is 3. The summed E-state index contributed by atoms with van der Waals surface area (Å²) in [6.45, 7) is 0.204. The molecule has 0 aromatic heterocycles. The number of aryl methyl sites for hydroxylation is 1. The van der Waals surface area contributed by atoms with Gasteiger partial charge in [-0.1, -0.05) is 42.5 Å². The minimum atomic E-state index is -4.32. The predicted molar refractivity (Wildman–Crippen MR) is 123 cm³/mol. The van der Waals surface area contributed by atoms with Gasteiger partial charge < -0.3 is 30.0 Å². The third-order valence-electron chi connectivity index (χ3n) is 5.49. The Kier molecular flexibility index (Phi) is 9.41. The summed E-state index contributed by atoms with van der Waals surface area (Å²) < 4.78 is 23.3. The molecule has 0 amide bonds. The number of hydrogen-bond donors (Lipinski definition) is 6. The van der Waals surface area contributed by atoms with Gasteiger partial charge in [0.05, 0.1) is 26.0 Å². The van der Waals surface area contributed by atoms with Crippen molar-refractivity contribution < 1.29 is 39.1 Å². The normalized spacial score (nSPS) is 14.3. The highest BCUT2D eigenvalue weighted by molar-refractivity contribution is 7.56. The van der Waals surface area contributed by atoms with Gasteiger partial charge in [-0.3, -0.25) is 9.13 Å². The molecule has 0 spiro atoms. The highest BCUT2D eigenvalue weighted by Crippen LogP contribution is 2.41. The van der Waals surface area contributed by atoms with Crippen LogP contribution < -0.4 is 0 Å². The molecule has 0 heterocycles. The van der Waals surface area contributed by atoms with Crippen molar-refractivity contribution in [2.45, 2.75) is 31.6 Å². The van der Waals surface area contributed by atoms with Gasteiger partial charge in [-0.25, -0.2) is 0 Å². The lowest BCUT2D eigenvalue weighted by Crippen LogP contribution is -2.34. The van der Waals surface area contributed by atoms with E-state index in [0.717, 1.165) is 22.3 Å². The summed E-state index contributed by atoms with van der Waals surface area (Å²) in [5, 5.41) is 28.5. The fraction of sp³-hybridized carbons (Fsp3) is 0.455. The van der Waals surface area contributed by atoms with E-state index in [1.807, 2.05) is 18.2 Å². The smallest absolute Gasteiger partial charge is 0.329 e. The molecule has 2 aromatic carbocycles. The summed E-state index contributed by atoms with van der Waals surface area (Å²) >= 11 is 0. The number of aliphatic hydroxyl groups is 3. The number of rotatable bonds is 12. The summed E-state index contributed by atoms with van der Waals surface area (Å²) in [6, 6.07) is 12.6. The first kappa shape index (κ1) is 26.9. The van der Waals surface area contributed by atoms with Gasteiger partial charge in [-0.2, -0.15) is 0 Å². The summed E-state index contributed by atoms with van der Waals surface area (Å²) in [5.41, 5.74) is 2.68. The van der Waals surface area contributed by atoms with Crippen LogP contribution in [0, 0.1) is 5.41 Å². The van der Waals surface area contributed by atoms with Crippen LogP contribution in [0.4, 0.5) is 0 Å². The maximum Gasteiger partial charge on any atom is 0.329 e. The van der Waals surface area contributed by atoms with E-state index in [-0.39, 0.29) is 26.0 Å². The first-order chi connectivity index (χ1) is 14.9. The number of benzene rings is 2. The molecule has 0 aliphatic carbocycles. The molecule has 178 valence electrons. The lowest BCUT2D eigenvalue weighted by atomic mass is 9.84. The fourth-order valence-corrected chi connectivity index (χ4v) is 5.12. The topological polar surface area (TPSA) is 156 Å². The van der Waals surface area contributed by atoms with Crippen LogP contribution in [-0.2, 0) is 34.3 Å². The van der Waals surface area contributed by atoms with Crippen molar-refractivity contribution in [1.82, 2.24) is 0 Å². The highest BCUT2D eigenvalue weighted by atomic mass is 31.2. The SMILES string of the molecule is CP(=O)(O)Cc1ccc(Cc2ccc(CCC(CO)(CO)CO)cc2CP(=O)(O)O)cc1. The minimum absolute atomic E-state index is 0.0858. The second kappa shape index (κ2) is 11.2. The molecule has 32 heavy (non-hydrogen) atoms. The van der Waals surface area contributed by atoms with E-state index in [4.69, 9.17) is 0 Å². The molecule has 0 saturated heterocycles. The molecule has 0 aliphatic heterocycles. The summed E-state index contributed by atoms with van der Waals surface area (Å²) in [5.74, 6) is 0. The van der Waals surface area contributed by atoms with Crippen LogP contribution in [0.5, 0.6) is 0 Å². The molecular formula is C22H32O8P2. The van der Waals surface area contributed by atoms with Gasteiger partial charge in [0.1, 0.15) is 0 Å². The quantitative estimate of drug-likeness (QED) is 0.250. The third kappa shape index (κ3) is 8.54. The minimum Gasteiger partial charge on any atom is -0.396 e. The standard InChI is InChI=1S/C22H32O8P2/c1-31(26,27)12-19-4-2-17(3-5-19)10-20-7-6-18(11-21(20)13-32(28,29)30)8-9-22(14-23,15-24)16-25/h2-7,11,23-25H,8-10,12-16H2,1H3,(H,26,27)(H2,28,29,30). The van der Waals surface area contributed by atoms with E-state index < -0.39 is 26.5 Å². The molecule has 6 N–H and O–H groups in total. The molecule has 0 aliphatic rings. The molecule has 0 saturated carbocycles. The molecule has 1 unspecified atom stereocenters. The Morgan fingerprint density at radius 3 is 1.78 bits per heavy atom. The maximum atomic E-state index is 11.7. The van der Waals surface area contributed by atoms with E-state index in [9.17, 15) is 39.1 Å². The summed E-state index contributed by atoms with van der Waals surface area (Å²) in [7, 11) is -7.48. The summed E-state index contributed by atoms with van der Waals surface area (Å²) in [6.07, 6.45) is 0.847. The maximum absolute atomic E-state index is 11.7. The van der Waals surface area contributed by atoms with E-state index in [0.29, 0.717) is 24.8 Å². The molecular weight excluding hydrogens is 454 g/mol. The van der Waals surface area contributed by atoms with Gasteiger partial charge in [0.2, 0.25) is 7.37 Å². The van der Waals surface area contributed by atoms with Crippen molar-refractivity contribution in [3.8, 4) is 0 Å². The largest absolute Gasteiger partial charge is 0.396 e. The van der Waals surface area contributed by atoms with Crippen LogP contribution in [0.25, 0.3) is 0 Å². The first-order valence-electron chi connectivity index (χ1n) is 10.2. The molecule has 1 atom stereocenters. The van der Waals surface area contributed by atoms with E-state index >= 15 is 0 Å². The van der Waals surface area contributed by atoms with Crippen molar-refractivity contribution in [2.75, 3.05) is 26.5 Å². The lowest BCUT2D eigenvalue weighted by Gasteiger charge is -2.27. The Bertz CT molecular complexity index is 966. The van der Waals surface area contributed by atoms with Crippen LogP contribution in [0.3, 0.4) is 0 Å². The monoisotopic (exact) mass is 486 g/mol. The molecule has 2 aromatic rings. The van der Waals surface area contributed by atoms with Crippen LogP contribution in [0.1, 0.15) is 34.2 Å². The van der Waals surface area contributed by atoms with Crippen molar-refractivity contribution >= 4 is 15.0 Å². The molecule has 10 heteroatoms. The second-order valence-corrected chi connectivity index (χ2v) is 12.7. The molecule has 8 nitrogen and oxygen atoms in total. The Hall–Kier alpha value is -1.34. The van der Waals surface area contributed by atoms with Crippen molar-refractivity contribution in [1.29, 1.82) is 0 Å². The zero-order chi connectivity index (χ0) is 24.0. The van der Waals surface area contributed by atoms with Crippen molar-refractivity contribution in [3.63, 3.8) is 0 Å². The molecule has 0 fully saturated rings. The van der Waals surface area contributed by atoms with E-state index in [1.165, 1.54) is 6.66 Å². The van der Waals surface area contributed by atoms with Gasteiger partial charge in [0.15, 0.2) is 0 Å². The molecule has 0 radical (unpaired) electrons. The lowest BCUT2D eigenvalue weighted by molar-refractivity contribution is -0.000270. The van der Waals surface area contributed by atoms with Gasteiger partial charge in [-0.15, -0.1) is 0 Å². The zero-order valence-electron chi connectivity index (χ0n) is 18.1. The van der Waals surface area contributed by atoms with Crippen LogP contribution in [-0.4, -0.2) is 56.5 Å². The van der Waals surface area contributed by atoms with Gasteiger partial charge >= 0.3 is 7.60 Å². The van der Waals surface area contributed by atoms with Gasteiger partial charge in [-0.05, 0) is 47.1 Å². The molecule has 2 rings (SSSR count). The van der Waals surface area contributed by atoms with Crippen molar-refractivity contribution in [2.24, 2.45) is 5.41 Å². The first-order valence-corrected chi connectivity index (χ1v) is 14.3. The Morgan fingerprint density at radius 1 is 0.750 bits per heavy atom. The zero-order valence-corrected chi connectivity index (χ0v) is 19.9. The van der Waals surface area contributed by atoms with Crippen LogP contribution in [0.2, 0.25) is 0 Å². The summed E-state index contributed by atoms with van der Waals surface area (Å²) in [4.78, 5) is 28.6. The fourth-order valence-electron chi connectivity index (χ4n) is 3.49. The van der Waals surface area contributed by atoms with E-state index in [1.54, 1.807) is 24.3 Å². The Balaban J connectivity index is 2.24. The van der Waals surface area contributed by atoms with Crippen molar-refractivity contribution in [3.05, 3.63) is 70.3 Å². The Labute approximate surface area is 188 Å². The van der Waals surface area contributed by atoms with Gasteiger partial charge in [0.25, 0.3) is 0 Å². The average molecular weight is 486 g/mol.